The second-order valence-electron chi connectivity index (χ2n) is 7.59. The summed E-state index contributed by atoms with van der Waals surface area (Å²) in [6.45, 7) is 16.6. The molecule has 2 aliphatic rings. The zero-order valence-corrected chi connectivity index (χ0v) is 28.8. The Morgan fingerprint density at radius 2 is 1.71 bits per heavy atom. The van der Waals surface area contributed by atoms with E-state index in [2.05, 4.69) is 65.7 Å². The predicted molar refractivity (Wildman–Crippen MR) is 160 cm³/mol. The molecule has 1 saturated heterocycles. The Morgan fingerprint density at radius 1 is 1.09 bits per heavy atom. The number of para-hydroxylation sites is 1. The second-order valence-corrected chi connectivity index (χ2v) is 7.59. The molecule has 9 heteroatoms. The van der Waals surface area contributed by atoms with Crippen molar-refractivity contribution in [2.75, 3.05) is 13.1 Å². The van der Waals surface area contributed by atoms with Gasteiger partial charge in [0.05, 0.1) is 11.5 Å². The maximum Gasteiger partial charge on any atom is 0.167 e. The minimum absolute atomic E-state index is 0. The number of hydrogen-bond donors (Lipinski definition) is 1. The zero-order valence-electron chi connectivity index (χ0n) is 21.6. The van der Waals surface area contributed by atoms with Gasteiger partial charge in [-0.25, -0.2) is 0 Å². The van der Waals surface area contributed by atoms with Crippen molar-refractivity contribution in [3.05, 3.63) is 64.3 Å². The molecule has 0 atom stereocenters. The van der Waals surface area contributed by atoms with Gasteiger partial charge in [-0.1, -0.05) is 57.6 Å². The van der Waals surface area contributed by atoms with Gasteiger partial charge in [0.15, 0.2) is 5.58 Å². The van der Waals surface area contributed by atoms with E-state index in [1.807, 2.05) is 52.8 Å². The quantitative estimate of drug-likeness (QED) is 0.207. The molecule has 1 fully saturated rings. The Morgan fingerprint density at radius 3 is 2.37 bits per heavy atom. The molecule has 0 aliphatic carbocycles. The fourth-order valence-corrected chi connectivity index (χ4v) is 4.03. The van der Waals surface area contributed by atoms with Gasteiger partial charge in [-0.2, -0.15) is 6.92 Å². The predicted octanol–water partition coefficient (Wildman–Crippen LogP) is 7.19. The summed E-state index contributed by atoms with van der Waals surface area (Å²) in [6.07, 6.45) is 5.48. The van der Waals surface area contributed by atoms with Gasteiger partial charge >= 0.3 is 0 Å². The molecule has 2 aromatic heterocycles. The summed E-state index contributed by atoms with van der Waals surface area (Å²) >= 11 is 4.24. The maximum absolute atomic E-state index is 11.7. The van der Waals surface area contributed by atoms with Crippen molar-refractivity contribution in [2.24, 2.45) is 0 Å². The van der Waals surface area contributed by atoms with Crippen LogP contribution in [0.15, 0.2) is 33.6 Å². The minimum Gasteiger partial charge on any atom is -0.356 e. The van der Waals surface area contributed by atoms with Gasteiger partial charge in [0.1, 0.15) is 5.56 Å². The molecule has 1 N–H and O–H groups in total. The average Bonchev–Trinajstić information content (AvgIpc) is 3.36. The van der Waals surface area contributed by atoms with Crippen LogP contribution in [0.4, 0.5) is 0 Å². The van der Waals surface area contributed by atoms with Gasteiger partial charge in [0, 0.05) is 82.6 Å². The van der Waals surface area contributed by atoms with E-state index in [9.17, 15) is 4.79 Å². The van der Waals surface area contributed by atoms with Crippen LogP contribution in [-0.2, 0) is 34.0 Å². The van der Waals surface area contributed by atoms with Crippen LogP contribution in [0, 0.1) is 13.8 Å². The summed E-state index contributed by atoms with van der Waals surface area (Å²) in [5.74, 6) is 1.50. The standard InChI is InChI=1S/C12H14N2O.C10H13N2O.2C2H6.I2.W/c1-2-4-11-10(3-1)12(14-15-11)9-5-7-13-8-6-9;1-7-8(2)11-9-5-3-4-6-12(9)10(7)13;3*1-2;/h1-4,9,13H,5-8H2;1,3-6H2,2H3;2*1-2H3;;/q;-1;;;;. The van der Waals surface area contributed by atoms with Gasteiger partial charge in [0.25, 0.3) is 0 Å². The Bertz CT molecular complexity index is 1030. The minimum atomic E-state index is 0. The monoisotopic (exact) mass is 877 g/mol. The molecule has 4 heterocycles. The third-order valence-corrected chi connectivity index (χ3v) is 5.71. The van der Waals surface area contributed by atoms with Gasteiger partial charge in [-0.05, 0) is 50.9 Å². The first-order valence-electron chi connectivity index (χ1n) is 12.3. The summed E-state index contributed by atoms with van der Waals surface area (Å²) in [7, 11) is 0. The SMILES string of the molecule is CC.CC.II.[CH2-]c1c(C)nc2n(c1=O)CCCC2.[W].c1ccc2c(C3CCNCC3)noc2c1. The van der Waals surface area contributed by atoms with Crippen molar-refractivity contribution in [3.63, 3.8) is 0 Å². The maximum atomic E-state index is 11.7. The van der Waals surface area contributed by atoms with Crippen LogP contribution >= 0.6 is 37.2 Å². The van der Waals surface area contributed by atoms with Crippen LogP contribution in [0.1, 0.15) is 82.1 Å². The molecule has 6 nitrogen and oxygen atoms in total. The van der Waals surface area contributed by atoms with Crippen LogP contribution < -0.4 is 10.9 Å². The molecule has 0 bridgehead atoms. The summed E-state index contributed by atoms with van der Waals surface area (Å²) < 4.78 is 7.09. The van der Waals surface area contributed by atoms with Crippen molar-refractivity contribution in [1.82, 2.24) is 20.0 Å². The van der Waals surface area contributed by atoms with Gasteiger partial charge in [-0.15, -0.1) is 5.56 Å². The molecular formula is C26H39I2N4O2W-. The molecule has 0 saturated carbocycles. The average molecular weight is 877 g/mol. The van der Waals surface area contributed by atoms with E-state index in [1.54, 1.807) is 4.57 Å². The fourth-order valence-electron chi connectivity index (χ4n) is 4.03. The summed E-state index contributed by atoms with van der Waals surface area (Å²) in [6, 6.07) is 8.11. The smallest absolute Gasteiger partial charge is 0.167 e. The molecule has 0 spiro atoms. The van der Waals surface area contributed by atoms with E-state index in [0.717, 1.165) is 74.5 Å². The summed E-state index contributed by atoms with van der Waals surface area (Å²) in [4.78, 5) is 16.1. The van der Waals surface area contributed by atoms with E-state index >= 15 is 0 Å². The molecule has 196 valence electrons. The zero-order chi connectivity index (χ0) is 25.5. The third-order valence-electron chi connectivity index (χ3n) is 5.71. The molecular weight excluding hydrogens is 838 g/mol. The second kappa shape index (κ2) is 19.6. The summed E-state index contributed by atoms with van der Waals surface area (Å²) in [5, 5.41) is 8.77. The van der Waals surface area contributed by atoms with Crippen molar-refractivity contribution in [1.29, 1.82) is 0 Å². The van der Waals surface area contributed by atoms with E-state index in [1.165, 1.54) is 5.39 Å². The first-order valence-corrected chi connectivity index (χ1v) is 18.6. The van der Waals surface area contributed by atoms with Crippen LogP contribution in [0.2, 0.25) is 0 Å². The Hall–Kier alpha value is -0.452. The van der Waals surface area contributed by atoms with E-state index in [4.69, 9.17) is 4.52 Å². The van der Waals surface area contributed by atoms with Crippen molar-refractivity contribution >= 4 is 48.2 Å². The number of nitrogens with one attached hydrogen (secondary N) is 1. The van der Waals surface area contributed by atoms with Crippen molar-refractivity contribution in [3.8, 4) is 0 Å². The van der Waals surface area contributed by atoms with E-state index in [0.29, 0.717) is 11.5 Å². The largest absolute Gasteiger partial charge is 0.356 e. The summed E-state index contributed by atoms with van der Waals surface area (Å²) in [5.41, 5.74) is 3.42. The Labute approximate surface area is 248 Å². The number of aryl methyl sites for hydroxylation is 2. The first-order chi connectivity index (χ1) is 16.6. The van der Waals surface area contributed by atoms with Crippen LogP contribution in [0.25, 0.3) is 11.0 Å². The first kappa shape index (κ1) is 34.5. The van der Waals surface area contributed by atoms with E-state index in [-0.39, 0.29) is 26.6 Å². The number of benzene rings is 1. The Balaban J connectivity index is 0.000000536. The molecule has 0 amide bonds. The molecule has 35 heavy (non-hydrogen) atoms. The van der Waals surface area contributed by atoms with Crippen LogP contribution in [0.3, 0.4) is 0 Å². The number of halogens is 2. The Kier molecular flexibility index (Phi) is 19.4. The number of fused-ring (bicyclic) bond motifs is 2. The number of nitrogens with zero attached hydrogens (tertiary/aromatic N) is 3. The fraction of sp³-hybridized carbons (Fsp3) is 0.538. The van der Waals surface area contributed by atoms with Gasteiger partial charge in [-0.3, -0.25) is 0 Å². The van der Waals surface area contributed by atoms with E-state index < -0.39 is 0 Å². The number of aromatic nitrogens is 3. The normalized spacial score (nSPS) is 14.1. The molecule has 3 aromatic rings. The molecule has 1 aromatic carbocycles. The molecule has 2 aliphatic heterocycles. The van der Waals surface area contributed by atoms with Crippen molar-refractivity contribution in [2.45, 2.75) is 79.2 Å². The van der Waals surface area contributed by atoms with Crippen LogP contribution in [0.5, 0.6) is 0 Å². The topological polar surface area (TPSA) is 73.0 Å². The molecule has 0 radical (unpaired) electrons. The molecule has 0 unspecified atom stereocenters. The van der Waals surface area contributed by atoms with Gasteiger partial charge in [0.2, 0.25) is 0 Å². The number of hydrogen-bond acceptors (Lipinski definition) is 5. The number of rotatable bonds is 1. The van der Waals surface area contributed by atoms with Gasteiger partial charge < -0.3 is 24.2 Å². The van der Waals surface area contributed by atoms with Crippen molar-refractivity contribution < 1.29 is 25.6 Å². The third kappa shape index (κ3) is 9.74. The number of piperidine rings is 1. The van der Waals surface area contributed by atoms with Crippen LogP contribution in [-0.4, -0.2) is 27.8 Å². The molecule has 5 rings (SSSR count).